The summed E-state index contributed by atoms with van der Waals surface area (Å²) in [6, 6.07) is 0.465. The molecule has 1 aromatic heterocycles. The third kappa shape index (κ3) is 4.13. The fraction of sp³-hybridized carbons (Fsp3) is 0.800. The van der Waals surface area contributed by atoms with E-state index in [2.05, 4.69) is 44.3 Å². The van der Waals surface area contributed by atoms with Crippen LogP contribution in [0.3, 0.4) is 0 Å². The van der Waals surface area contributed by atoms with Gasteiger partial charge in [-0.1, -0.05) is 40.0 Å². The molecule has 0 amide bonds. The van der Waals surface area contributed by atoms with E-state index in [-0.39, 0.29) is 0 Å². The van der Waals surface area contributed by atoms with Crippen LogP contribution in [0.1, 0.15) is 65.0 Å². The molecule has 3 nitrogen and oxygen atoms in total. The molecule has 0 bridgehead atoms. The van der Waals surface area contributed by atoms with Crippen molar-refractivity contribution in [1.82, 2.24) is 15.1 Å². The molecule has 2 unspecified atom stereocenters. The lowest BCUT2D eigenvalue weighted by atomic mass is 9.88. The van der Waals surface area contributed by atoms with Crippen molar-refractivity contribution >= 4 is 0 Å². The fourth-order valence-corrected chi connectivity index (χ4v) is 2.56. The molecule has 0 aromatic carbocycles. The van der Waals surface area contributed by atoms with Crippen LogP contribution in [0, 0.1) is 5.92 Å². The summed E-state index contributed by atoms with van der Waals surface area (Å²) in [4.78, 5) is 0. The molecule has 0 fully saturated rings. The predicted octanol–water partition coefficient (Wildman–Crippen LogP) is 3.77. The zero-order valence-electron chi connectivity index (χ0n) is 12.4. The smallest absolute Gasteiger partial charge is 0.0537 e. The Bertz CT molecular complexity index is 319. The van der Waals surface area contributed by atoms with Crippen molar-refractivity contribution in [3.63, 3.8) is 0 Å². The summed E-state index contributed by atoms with van der Waals surface area (Å²) in [6.07, 6.45) is 9.37. The number of nitrogens with one attached hydrogen (secondary N) is 1. The van der Waals surface area contributed by atoms with E-state index in [1.165, 1.54) is 31.2 Å². The molecule has 3 heteroatoms. The van der Waals surface area contributed by atoms with Gasteiger partial charge in [0.25, 0.3) is 0 Å². The molecular formula is C15H29N3. The largest absolute Gasteiger partial charge is 0.310 e. The zero-order valence-corrected chi connectivity index (χ0v) is 12.4. The highest BCUT2D eigenvalue weighted by atomic mass is 15.3. The topological polar surface area (TPSA) is 29.9 Å². The van der Waals surface area contributed by atoms with Gasteiger partial charge in [0.05, 0.1) is 6.20 Å². The van der Waals surface area contributed by atoms with E-state index >= 15 is 0 Å². The Balaban J connectivity index is 2.78. The van der Waals surface area contributed by atoms with E-state index < -0.39 is 0 Å². The maximum Gasteiger partial charge on any atom is 0.0537 e. The SMILES string of the molecule is CCCCC(CC)C(NCC)c1cnn(CC)c1. The Labute approximate surface area is 112 Å². The van der Waals surface area contributed by atoms with Gasteiger partial charge in [0.2, 0.25) is 0 Å². The van der Waals surface area contributed by atoms with Crippen molar-refractivity contribution in [1.29, 1.82) is 0 Å². The van der Waals surface area contributed by atoms with Crippen LogP contribution in [-0.4, -0.2) is 16.3 Å². The monoisotopic (exact) mass is 251 g/mol. The summed E-state index contributed by atoms with van der Waals surface area (Å²) in [6.45, 7) is 10.9. The van der Waals surface area contributed by atoms with Gasteiger partial charge in [0, 0.05) is 24.3 Å². The second kappa shape index (κ2) is 8.30. The predicted molar refractivity (Wildman–Crippen MR) is 77.6 cm³/mol. The number of aryl methyl sites for hydroxylation is 1. The first kappa shape index (κ1) is 15.2. The van der Waals surface area contributed by atoms with Gasteiger partial charge in [-0.2, -0.15) is 5.10 Å². The van der Waals surface area contributed by atoms with E-state index in [1.54, 1.807) is 0 Å². The molecule has 0 aliphatic rings. The fourth-order valence-electron chi connectivity index (χ4n) is 2.56. The average molecular weight is 251 g/mol. The molecule has 104 valence electrons. The van der Waals surface area contributed by atoms with Crippen LogP contribution < -0.4 is 5.32 Å². The third-order valence-corrected chi connectivity index (χ3v) is 3.68. The normalized spacial score (nSPS) is 14.7. The van der Waals surface area contributed by atoms with E-state index in [9.17, 15) is 0 Å². The zero-order chi connectivity index (χ0) is 13.4. The Morgan fingerprint density at radius 3 is 2.56 bits per heavy atom. The first-order chi connectivity index (χ1) is 8.76. The summed E-state index contributed by atoms with van der Waals surface area (Å²) in [5.41, 5.74) is 1.35. The minimum absolute atomic E-state index is 0.465. The Morgan fingerprint density at radius 1 is 1.28 bits per heavy atom. The lowest BCUT2D eigenvalue weighted by molar-refractivity contribution is 0.327. The highest BCUT2D eigenvalue weighted by Gasteiger charge is 2.21. The molecule has 0 spiro atoms. The number of rotatable bonds is 9. The Kier molecular flexibility index (Phi) is 7.02. The van der Waals surface area contributed by atoms with Crippen molar-refractivity contribution in [3.05, 3.63) is 18.0 Å². The molecule has 18 heavy (non-hydrogen) atoms. The molecule has 0 radical (unpaired) electrons. The highest BCUT2D eigenvalue weighted by molar-refractivity contribution is 5.11. The van der Waals surface area contributed by atoms with Crippen LogP contribution in [0.5, 0.6) is 0 Å². The molecule has 1 aromatic rings. The highest BCUT2D eigenvalue weighted by Crippen LogP contribution is 2.28. The first-order valence-corrected chi connectivity index (χ1v) is 7.52. The average Bonchev–Trinajstić information content (AvgIpc) is 2.86. The van der Waals surface area contributed by atoms with Crippen LogP contribution in [0.4, 0.5) is 0 Å². The number of hydrogen-bond acceptors (Lipinski definition) is 2. The molecule has 0 saturated heterocycles. The quantitative estimate of drug-likeness (QED) is 0.724. The van der Waals surface area contributed by atoms with Crippen molar-refractivity contribution < 1.29 is 0 Å². The molecule has 2 atom stereocenters. The van der Waals surface area contributed by atoms with Gasteiger partial charge >= 0.3 is 0 Å². The van der Waals surface area contributed by atoms with Crippen molar-refractivity contribution in [2.24, 2.45) is 5.92 Å². The van der Waals surface area contributed by atoms with E-state index in [1.807, 2.05) is 10.9 Å². The van der Waals surface area contributed by atoms with Crippen LogP contribution in [0.2, 0.25) is 0 Å². The van der Waals surface area contributed by atoms with Crippen molar-refractivity contribution in [2.45, 2.75) is 66.0 Å². The third-order valence-electron chi connectivity index (χ3n) is 3.68. The van der Waals surface area contributed by atoms with Gasteiger partial charge in [0.1, 0.15) is 0 Å². The van der Waals surface area contributed by atoms with Gasteiger partial charge < -0.3 is 5.32 Å². The molecule has 1 heterocycles. The van der Waals surface area contributed by atoms with Crippen LogP contribution in [0.25, 0.3) is 0 Å². The summed E-state index contributed by atoms with van der Waals surface area (Å²) < 4.78 is 2.02. The van der Waals surface area contributed by atoms with Gasteiger partial charge in [-0.15, -0.1) is 0 Å². The minimum Gasteiger partial charge on any atom is -0.310 e. The maximum absolute atomic E-state index is 4.41. The van der Waals surface area contributed by atoms with Gasteiger partial charge in [-0.25, -0.2) is 0 Å². The van der Waals surface area contributed by atoms with Crippen molar-refractivity contribution in [3.8, 4) is 0 Å². The van der Waals surface area contributed by atoms with Crippen LogP contribution >= 0.6 is 0 Å². The lowest BCUT2D eigenvalue weighted by Crippen LogP contribution is -2.27. The summed E-state index contributed by atoms with van der Waals surface area (Å²) in [5, 5.41) is 8.05. The van der Waals surface area contributed by atoms with E-state index in [0.717, 1.165) is 19.0 Å². The van der Waals surface area contributed by atoms with E-state index in [4.69, 9.17) is 0 Å². The molecule has 0 saturated carbocycles. The molecule has 0 aliphatic heterocycles. The van der Waals surface area contributed by atoms with Crippen molar-refractivity contribution in [2.75, 3.05) is 6.54 Å². The number of hydrogen-bond donors (Lipinski definition) is 1. The lowest BCUT2D eigenvalue weighted by Gasteiger charge is -2.26. The Hall–Kier alpha value is -0.830. The van der Waals surface area contributed by atoms with Gasteiger partial charge in [0.15, 0.2) is 0 Å². The number of aromatic nitrogens is 2. The minimum atomic E-state index is 0.465. The van der Waals surface area contributed by atoms with Crippen LogP contribution in [-0.2, 0) is 6.54 Å². The van der Waals surface area contributed by atoms with Crippen LogP contribution in [0.15, 0.2) is 12.4 Å². The van der Waals surface area contributed by atoms with Gasteiger partial charge in [-0.3, -0.25) is 4.68 Å². The molecule has 1 rings (SSSR count). The first-order valence-electron chi connectivity index (χ1n) is 7.52. The summed E-state index contributed by atoms with van der Waals surface area (Å²) in [7, 11) is 0. The molecule has 1 N–H and O–H groups in total. The number of nitrogens with zero attached hydrogens (tertiary/aromatic N) is 2. The number of unbranched alkanes of at least 4 members (excludes halogenated alkanes) is 1. The second-order valence-electron chi connectivity index (χ2n) is 4.98. The molecule has 0 aliphatic carbocycles. The maximum atomic E-state index is 4.41. The summed E-state index contributed by atoms with van der Waals surface area (Å²) >= 11 is 0. The Morgan fingerprint density at radius 2 is 2.06 bits per heavy atom. The van der Waals surface area contributed by atoms with Gasteiger partial charge in [-0.05, 0) is 25.8 Å². The second-order valence-corrected chi connectivity index (χ2v) is 4.98. The summed E-state index contributed by atoms with van der Waals surface area (Å²) in [5.74, 6) is 0.722. The van der Waals surface area contributed by atoms with E-state index in [0.29, 0.717) is 6.04 Å². The molecular weight excluding hydrogens is 222 g/mol. The standard InChI is InChI=1S/C15H29N3/c1-5-9-10-13(6-2)15(16-7-3)14-11-17-18(8-4)12-14/h11-13,15-16H,5-10H2,1-4H3.